The molecule has 1 aliphatic carbocycles. The van der Waals surface area contributed by atoms with E-state index in [1.165, 1.54) is 48.7 Å². The lowest BCUT2D eigenvalue weighted by molar-refractivity contribution is 0.723. The molecule has 8 aromatic carbocycles. The van der Waals surface area contributed by atoms with Crippen LogP contribution in [0.25, 0.3) is 67.3 Å². The van der Waals surface area contributed by atoms with Crippen LogP contribution in [0.4, 0.5) is 0 Å². The van der Waals surface area contributed by atoms with E-state index in [9.17, 15) is 5.26 Å². The maximum Gasteiger partial charge on any atom is 0.160 e. The van der Waals surface area contributed by atoms with E-state index in [1.54, 1.807) is 0 Å². The minimum Gasteiger partial charge on any atom is -0.228 e. The van der Waals surface area contributed by atoms with Crippen LogP contribution < -0.4 is 0 Å². The van der Waals surface area contributed by atoms with E-state index >= 15 is 0 Å². The van der Waals surface area contributed by atoms with Crippen LogP contribution in [-0.4, -0.2) is 9.97 Å². The lowest BCUT2D eigenvalue weighted by atomic mass is 9.67. The first kappa shape index (κ1) is 34.0. The summed E-state index contributed by atoms with van der Waals surface area (Å²) >= 11 is 1.84. The zero-order valence-corrected chi connectivity index (χ0v) is 32.1. The Balaban J connectivity index is 1.17. The largest absolute Gasteiger partial charge is 0.228 e. The molecule has 0 bridgehead atoms. The number of hydrogen-bond donors (Lipinski definition) is 0. The van der Waals surface area contributed by atoms with Crippen LogP contribution in [0.1, 0.15) is 27.8 Å². The van der Waals surface area contributed by atoms with Gasteiger partial charge in [0.2, 0.25) is 0 Å². The minimum atomic E-state index is -0.580. The van der Waals surface area contributed by atoms with Gasteiger partial charge in [0.1, 0.15) is 0 Å². The van der Waals surface area contributed by atoms with E-state index in [4.69, 9.17) is 9.97 Å². The first-order valence-corrected chi connectivity index (χ1v) is 20.3. The Morgan fingerprint density at radius 3 is 1.79 bits per heavy atom. The zero-order chi connectivity index (χ0) is 38.6. The summed E-state index contributed by atoms with van der Waals surface area (Å²) in [6.45, 7) is 0. The number of aromatic nitrogens is 2. The molecule has 1 atom stereocenters. The fraction of sp³-hybridized carbons (Fsp3) is 0.0185. The molecule has 9 aromatic rings. The SMILES string of the molecule is N#Cc1ccc(-c2cccc3c2Sc2ccccc2C32c3ccccc3-c3c(-c4cc(-c5cccc(-c6ccccc6)c5)nc(-c5ccccc5)n4)cccc32)cc1. The number of fused-ring (bicyclic) bond motifs is 9. The molecule has 0 amide bonds. The molecule has 58 heavy (non-hydrogen) atoms. The molecule has 1 spiro atoms. The highest BCUT2D eigenvalue weighted by atomic mass is 32.2. The molecule has 3 nitrogen and oxygen atoms in total. The van der Waals surface area contributed by atoms with Gasteiger partial charge in [0.15, 0.2) is 5.82 Å². The van der Waals surface area contributed by atoms with Crippen LogP contribution in [0.5, 0.6) is 0 Å². The van der Waals surface area contributed by atoms with Crippen LogP contribution in [0.15, 0.2) is 210 Å². The summed E-state index contributed by atoms with van der Waals surface area (Å²) < 4.78 is 0. The van der Waals surface area contributed by atoms with Gasteiger partial charge in [-0.05, 0) is 86.0 Å². The molecule has 2 aliphatic rings. The molecule has 270 valence electrons. The Hall–Kier alpha value is -7.32. The fourth-order valence-electron chi connectivity index (χ4n) is 9.07. The molecule has 4 heteroatoms. The maximum atomic E-state index is 9.57. The Bertz CT molecular complexity index is 3090. The van der Waals surface area contributed by atoms with Gasteiger partial charge in [-0.2, -0.15) is 5.26 Å². The van der Waals surface area contributed by atoms with Gasteiger partial charge < -0.3 is 0 Å². The van der Waals surface area contributed by atoms with E-state index in [0.29, 0.717) is 11.4 Å². The Labute approximate surface area is 342 Å². The van der Waals surface area contributed by atoms with Crippen molar-refractivity contribution in [3.8, 4) is 73.4 Å². The standard InChI is InChI=1S/C54H33N3S/c55-34-35-28-30-37(31-29-35)41-21-12-26-47-52(41)58-50-27-10-9-24-45(50)54(47)44-23-8-7-20-42(44)51-43(22-13-25-46(51)54)49-33-48(56-53(57-49)38-16-5-2-6-17-38)40-19-11-18-39(32-40)36-14-3-1-4-15-36/h1-33H. The molecule has 1 aromatic heterocycles. The first-order valence-electron chi connectivity index (χ1n) is 19.5. The van der Waals surface area contributed by atoms with Crippen molar-refractivity contribution < 1.29 is 0 Å². The molecule has 1 unspecified atom stereocenters. The third-order valence-corrected chi connectivity index (χ3v) is 12.8. The van der Waals surface area contributed by atoms with Crippen molar-refractivity contribution in [3.05, 3.63) is 228 Å². The van der Waals surface area contributed by atoms with Crippen molar-refractivity contribution in [1.29, 1.82) is 5.26 Å². The molecule has 0 radical (unpaired) electrons. The highest BCUT2D eigenvalue weighted by molar-refractivity contribution is 7.99. The second-order valence-electron chi connectivity index (χ2n) is 14.8. The normalized spacial score (nSPS) is 14.5. The van der Waals surface area contributed by atoms with E-state index < -0.39 is 5.41 Å². The van der Waals surface area contributed by atoms with Gasteiger partial charge >= 0.3 is 0 Å². The quantitative estimate of drug-likeness (QED) is 0.175. The summed E-state index contributed by atoms with van der Waals surface area (Å²) in [7, 11) is 0. The molecular formula is C54H33N3S. The summed E-state index contributed by atoms with van der Waals surface area (Å²) in [5.74, 6) is 0.689. The average Bonchev–Trinajstić information content (AvgIpc) is 3.60. The van der Waals surface area contributed by atoms with Crippen molar-refractivity contribution in [3.63, 3.8) is 0 Å². The minimum absolute atomic E-state index is 0.580. The highest BCUT2D eigenvalue weighted by Gasteiger charge is 2.51. The van der Waals surface area contributed by atoms with E-state index in [0.717, 1.165) is 44.8 Å². The van der Waals surface area contributed by atoms with Gasteiger partial charge in [0.05, 0.1) is 28.4 Å². The van der Waals surface area contributed by atoms with Crippen molar-refractivity contribution in [1.82, 2.24) is 9.97 Å². The lowest BCUT2D eigenvalue weighted by Gasteiger charge is -2.40. The lowest BCUT2D eigenvalue weighted by Crippen LogP contribution is -2.32. The highest BCUT2D eigenvalue weighted by Crippen LogP contribution is 2.64. The monoisotopic (exact) mass is 755 g/mol. The van der Waals surface area contributed by atoms with Crippen molar-refractivity contribution in [2.45, 2.75) is 15.2 Å². The predicted octanol–water partition coefficient (Wildman–Crippen LogP) is 13.5. The average molecular weight is 756 g/mol. The Morgan fingerprint density at radius 2 is 1.00 bits per heavy atom. The van der Waals surface area contributed by atoms with Crippen molar-refractivity contribution in [2.24, 2.45) is 0 Å². The van der Waals surface area contributed by atoms with E-state index in [1.807, 2.05) is 42.1 Å². The van der Waals surface area contributed by atoms with E-state index in [2.05, 4.69) is 176 Å². The van der Waals surface area contributed by atoms with Gasteiger partial charge in [-0.1, -0.05) is 182 Å². The second kappa shape index (κ2) is 13.7. The van der Waals surface area contributed by atoms with Gasteiger partial charge in [-0.25, -0.2) is 9.97 Å². The fourth-order valence-corrected chi connectivity index (χ4v) is 10.4. The zero-order valence-electron chi connectivity index (χ0n) is 31.3. The molecule has 1 aliphatic heterocycles. The summed E-state index contributed by atoms with van der Waals surface area (Å²) in [4.78, 5) is 13.1. The van der Waals surface area contributed by atoms with Gasteiger partial charge in [-0.3, -0.25) is 0 Å². The Kier molecular flexibility index (Phi) is 8.03. The molecule has 0 saturated carbocycles. The molecule has 2 heterocycles. The predicted molar refractivity (Wildman–Crippen MR) is 235 cm³/mol. The van der Waals surface area contributed by atoms with Crippen LogP contribution in [0.2, 0.25) is 0 Å². The Morgan fingerprint density at radius 1 is 0.414 bits per heavy atom. The van der Waals surface area contributed by atoms with Crippen molar-refractivity contribution >= 4 is 11.8 Å². The number of hydrogen-bond acceptors (Lipinski definition) is 4. The summed E-state index contributed by atoms with van der Waals surface area (Å²) in [5.41, 5.74) is 16.9. The summed E-state index contributed by atoms with van der Waals surface area (Å²) in [6, 6.07) is 73.2. The molecule has 11 rings (SSSR count). The van der Waals surface area contributed by atoms with Gasteiger partial charge in [-0.15, -0.1) is 0 Å². The van der Waals surface area contributed by atoms with Crippen LogP contribution in [-0.2, 0) is 5.41 Å². The first-order chi connectivity index (χ1) is 28.7. The molecule has 0 fully saturated rings. The molecular weight excluding hydrogens is 723 g/mol. The van der Waals surface area contributed by atoms with Gasteiger partial charge in [0, 0.05) is 26.5 Å². The van der Waals surface area contributed by atoms with Crippen LogP contribution in [0.3, 0.4) is 0 Å². The molecule has 0 saturated heterocycles. The van der Waals surface area contributed by atoms with E-state index in [-0.39, 0.29) is 0 Å². The summed E-state index contributed by atoms with van der Waals surface area (Å²) in [5, 5.41) is 9.57. The van der Waals surface area contributed by atoms with Crippen LogP contribution in [0, 0.1) is 11.3 Å². The second-order valence-corrected chi connectivity index (χ2v) is 15.8. The number of rotatable bonds is 5. The number of benzene rings is 8. The van der Waals surface area contributed by atoms with Crippen molar-refractivity contribution in [2.75, 3.05) is 0 Å². The smallest absolute Gasteiger partial charge is 0.160 e. The number of nitriles is 1. The summed E-state index contributed by atoms with van der Waals surface area (Å²) in [6.07, 6.45) is 0. The topological polar surface area (TPSA) is 49.6 Å². The molecule has 0 N–H and O–H groups in total. The number of nitrogens with zero attached hydrogens (tertiary/aromatic N) is 3. The third kappa shape index (κ3) is 5.29. The van der Waals surface area contributed by atoms with Gasteiger partial charge in [0.25, 0.3) is 0 Å². The third-order valence-electron chi connectivity index (χ3n) is 11.6. The van der Waals surface area contributed by atoms with Crippen LogP contribution >= 0.6 is 11.8 Å². The maximum absolute atomic E-state index is 9.57.